The van der Waals surface area contributed by atoms with Crippen molar-refractivity contribution in [1.82, 2.24) is 14.8 Å². The molecule has 2 aliphatic heterocycles. The van der Waals surface area contributed by atoms with Crippen LogP contribution < -0.4 is 0 Å². The molecular weight excluding hydrogens is 450 g/mol. The number of fused-ring (bicyclic) bond motifs is 1. The first-order valence-electron chi connectivity index (χ1n) is 12.6. The van der Waals surface area contributed by atoms with Crippen molar-refractivity contribution in [1.29, 1.82) is 0 Å². The van der Waals surface area contributed by atoms with Crippen molar-refractivity contribution in [3.63, 3.8) is 0 Å². The molecule has 2 aromatic rings. The predicted octanol–water partition coefficient (Wildman–Crippen LogP) is 3.32. The Morgan fingerprint density at radius 1 is 1.15 bits per heavy atom. The van der Waals surface area contributed by atoms with Crippen LogP contribution in [0.3, 0.4) is 0 Å². The lowest BCUT2D eigenvalue weighted by molar-refractivity contribution is -0.149. The van der Waals surface area contributed by atoms with E-state index in [0.717, 1.165) is 48.7 Å². The summed E-state index contributed by atoms with van der Waals surface area (Å²) in [6.45, 7) is 3.10. The first kappa shape index (κ1) is 22.3. The molecule has 1 aromatic heterocycles. The standard InChI is InChI=1S/C27H32ClN3O3/c28-22-13-19-14-24-27(34)8-12-30(25(33)15-20-3-1-2-9-29-20)10-6-26(27,21(19)16-23(22)32)7-11-31(24)17-18-4-5-18/h1-3,9,13,16,18,24,32,34H,4-8,10-12,14-15,17H2/t24-,26+,27-/m1/s1. The number of benzene rings is 1. The van der Waals surface area contributed by atoms with Crippen LogP contribution in [0.25, 0.3) is 0 Å². The summed E-state index contributed by atoms with van der Waals surface area (Å²) in [4.78, 5) is 22.0. The fraction of sp³-hybridized carbons (Fsp3) is 0.556. The molecule has 2 saturated heterocycles. The average molecular weight is 482 g/mol. The van der Waals surface area contributed by atoms with Crippen molar-refractivity contribution in [2.24, 2.45) is 5.92 Å². The summed E-state index contributed by atoms with van der Waals surface area (Å²) in [6.07, 6.45) is 7.31. The number of aliphatic hydroxyl groups is 1. The van der Waals surface area contributed by atoms with Crippen LogP contribution in [0.5, 0.6) is 5.75 Å². The van der Waals surface area contributed by atoms with E-state index in [1.807, 2.05) is 29.2 Å². The van der Waals surface area contributed by atoms with Crippen LogP contribution in [0.2, 0.25) is 5.02 Å². The molecule has 7 heteroatoms. The Balaban J connectivity index is 1.36. The summed E-state index contributed by atoms with van der Waals surface area (Å²) in [6, 6.07) is 9.33. The number of aromatic hydroxyl groups is 1. The summed E-state index contributed by atoms with van der Waals surface area (Å²) in [7, 11) is 0. The second-order valence-corrected chi connectivity index (χ2v) is 11.2. The molecule has 34 heavy (non-hydrogen) atoms. The Morgan fingerprint density at radius 3 is 2.71 bits per heavy atom. The molecule has 2 aliphatic carbocycles. The zero-order chi connectivity index (χ0) is 23.5. The zero-order valence-electron chi connectivity index (χ0n) is 19.4. The number of piperidine rings is 1. The van der Waals surface area contributed by atoms with Crippen molar-refractivity contribution in [3.05, 3.63) is 58.4 Å². The van der Waals surface area contributed by atoms with Gasteiger partial charge in [0.2, 0.25) is 5.91 Å². The molecule has 0 radical (unpaired) electrons. The van der Waals surface area contributed by atoms with E-state index < -0.39 is 11.0 Å². The van der Waals surface area contributed by atoms with Crippen LogP contribution in [0, 0.1) is 5.92 Å². The van der Waals surface area contributed by atoms with E-state index in [4.69, 9.17) is 11.6 Å². The lowest BCUT2D eigenvalue weighted by atomic mass is 9.52. The minimum Gasteiger partial charge on any atom is -0.506 e. The van der Waals surface area contributed by atoms with Crippen molar-refractivity contribution >= 4 is 17.5 Å². The number of likely N-dealkylation sites (tertiary alicyclic amines) is 2. The molecule has 0 spiro atoms. The van der Waals surface area contributed by atoms with Gasteiger partial charge in [-0.15, -0.1) is 0 Å². The first-order valence-corrected chi connectivity index (χ1v) is 12.9. The van der Waals surface area contributed by atoms with Crippen molar-refractivity contribution in [3.8, 4) is 5.75 Å². The fourth-order valence-electron chi connectivity index (χ4n) is 6.91. The van der Waals surface area contributed by atoms with Crippen molar-refractivity contribution < 1.29 is 15.0 Å². The molecule has 3 atom stereocenters. The number of pyridine rings is 1. The Morgan fingerprint density at radius 2 is 1.94 bits per heavy atom. The number of rotatable bonds is 4. The topological polar surface area (TPSA) is 76.9 Å². The van der Waals surface area contributed by atoms with Gasteiger partial charge in [-0.05, 0) is 86.4 Å². The first-order chi connectivity index (χ1) is 16.4. The van der Waals surface area contributed by atoms with Gasteiger partial charge in [-0.3, -0.25) is 14.7 Å². The quantitative estimate of drug-likeness (QED) is 0.700. The van der Waals surface area contributed by atoms with Crippen LogP contribution in [0.15, 0.2) is 36.5 Å². The predicted molar refractivity (Wildman–Crippen MR) is 130 cm³/mol. The maximum absolute atomic E-state index is 13.2. The van der Waals surface area contributed by atoms with Gasteiger partial charge in [0, 0.05) is 43.0 Å². The minimum absolute atomic E-state index is 0.000742. The van der Waals surface area contributed by atoms with E-state index in [1.54, 1.807) is 12.3 Å². The number of carbonyl (C=O) groups is 1. The van der Waals surface area contributed by atoms with E-state index in [9.17, 15) is 15.0 Å². The van der Waals surface area contributed by atoms with E-state index in [0.29, 0.717) is 31.0 Å². The molecule has 1 aromatic carbocycles. The van der Waals surface area contributed by atoms with Gasteiger partial charge in [0.05, 0.1) is 17.0 Å². The Labute approximate surface area is 205 Å². The van der Waals surface area contributed by atoms with Crippen LogP contribution in [0.1, 0.15) is 48.9 Å². The molecule has 2 bridgehead atoms. The second-order valence-electron chi connectivity index (χ2n) is 10.8. The highest BCUT2D eigenvalue weighted by molar-refractivity contribution is 6.32. The number of phenols is 1. The third kappa shape index (κ3) is 3.53. The molecule has 6 nitrogen and oxygen atoms in total. The molecule has 2 N–H and O–H groups in total. The molecule has 180 valence electrons. The van der Waals surface area contributed by atoms with E-state index >= 15 is 0 Å². The fourth-order valence-corrected chi connectivity index (χ4v) is 7.10. The van der Waals surface area contributed by atoms with Gasteiger partial charge in [-0.2, -0.15) is 0 Å². The number of amides is 1. The van der Waals surface area contributed by atoms with E-state index in [2.05, 4.69) is 9.88 Å². The number of halogens is 1. The molecule has 3 heterocycles. The van der Waals surface area contributed by atoms with E-state index in [1.165, 1.54) is 12.8 Å². The van der Waals surface area contributed by atoms with E-state index in [-0.39, 0.29) is 24.1 Å². The molecule has 1 amide bonds. The molecule has 1 saturated carbocycles. The summed E-state index contributed by atoms with van der Waals surface area (Å²) in [5.41, 5.74) is 1.48. The summed E-state index contributed by atoms with van der Waals surface area (Å²) in [5.74, 6) is 0.868. The average Bonchev–Trinajstić information content (AvgIpc) is 3.65. The van der Waals surface area contributed by atoms with Crippen molar-refractivity contribution in [2.75, 3.05) is 26.2 Å². The summed E-state index contributed by atoms with van der Waals surface area (Å²) >= 11 is 6.33. The third-order valence-corrected chi connectivity index (χ3v) is 9.22. The van der Waals surface area contributed by atoms with Crippen LogP contribution in [0.4, 0.5) is 0 Å². The molecule has 3 fully saturated rings. The Kier molecular flexibility index (Phi) is 5.39. The van der Waals surface area contributed by atoms with Crippen LogP contribution in [-0.2, 0) is 23.1 Å². The van der Waals surface area contributed by atoms with Gasteiger partial charge < -0.3 is 15.1 Å². The highest BCUT2D eigenvalue weighted by Crippen LogP contribution is 2.57. The van der Waals surface area contributed by atoms with Crippen molar-refractivity contribution in [2.45, 2.75) is 62.0 Å². The molecule has 0 unspecified atom stereocenters. The monoisotopic (exact) mass is 481 g/mol. The number of hydrogen-bond donors (Lipinski definition) is 2. The maximum Gasteiger partial charge on any atom is 0.228 e. The largest absolute Gasteiger partial charge is 0.506 e. The van der Waals surface area contributed by atoms with Gasteiger partial charge in [-0.1, -0.05) is 17.7 Å². The molecule has 4 aliphatic rings. The van der Waals surface area contributed by atoms with Gasteiger partial charge in [0.25, 0.3) is 0 Å². The van der Waals surface area contributed by atoms with Gasteiger partial charge in [0.15, 0.2) is 0 Å². The summed E-state index contributed by atoms with van der Waals surface area (Å²) in [5, 5.41) is 23.4. The van der Waals surface area contributed by atoms with Gasteiger partial charge in [-0.25, -0.2) is 0 Å². The Bertz CT molecular complexity index is 1110. The number of phenolic OH excluding ortho intramolecular Hbond substituents is 1. The molecule has 6 rings (SSSR count). The SMILES string of the molecule is O=C(Cc1ccccn1)N1CC[C@]23CCN(CC4CC4)[C@H](Cc4cc(Cl)c(O)cc42)[C@]3(O)CC1. The second kappa shape index (κ2) is 8.21. The highest BCUT2D eigenvalue weighted by Gasteiger charge is 2.63. The van der Waals surface area contributed by atoms with Gasteiger partial charge >= 0.3 is 0 Å². The van der Waals surface area contributed by atoms with Crippen LogP contribution >= 0.6 is 11.6 Å². The number of nitrogens with zero attached hydrogens (tertiary/aromatic N) is 3. The lowest BCUT2D eigenvalue weighted by Crippen LogP contribution is -2.71. The minimum atomic E-state index is -0.951. The third-order valence-electron chi connectivity index (χ3n) is 8.92. The van der Waals surface area contributed by atoms with Crippen LogP contribution in [-0.4, -0.2) is 68.7 Å². The zero-order valence-corrected chi connectivity index (χ0v) is 20.2. The maximum atomic E-state index is 13.2. The normalized spacial score (nSPS) is 30.9. The molecular formula is C27H32ClN3O3. The summed E-state index contributed by atoms with van der Waals surface area (Å²) < 4.78 is 0. The number of carbonyl (C=O) groups excluding carboxylic acids is 1. The highest BCUT2D eigenvalue weighted by atomic mass is 35.5. The Hall–Kier alpha value is -2.15. The van der Waals surface area contributed by atoms with Gasteiger partial charge in [0.1, 0.15) is 5.75 Å². The number of aromatic nitrogens is 1. The number of hydrogen-bond acceptors (Lipinski definition) is 5. The smallest absolute Gasteiger partial charge is 0.228 e. The lowest BCUT2D eigenvalue weighted by Gasteiger charge is -2.61.